The molecule has 4 nitrogen and oxygen atoms in total. The molecule has 118 valence electrons. The van der Waals surface area contributed by atoms with Crippen LogP contribution in [0.3, 0.4) is 0 Å². The van der Waals surface area contributed by atoms with Crippen LogP contribution in [-0.2, 0) is 6.54 Å². The number of halogens is 1. The minimum Gasteiger partial charge on any atom is -0.496 e. The topological polar surface area (TPSA) is 37.4 Å². The van der Waals surface area contributed by atoms with Gasteiger partial charge < -0.3 is 10.1 Å². The van der Waals surface area contributed by atoms with Gasteiger partial charge in [-0.2, -0.15) is 0 Å². The molecule has 2 aromatic rings. The fourth-order valence-corrected chi connectivity index (χ4v) is 3.87. The van der Waals surface area contributed by atoms with Crippen molar-refractivity contribution in [3.05, 3.63) is 33.7 Å². The van der Waals surface area contributed by atoms with Gasteiger partial charge in [0.2, 0.25) is 0 Å². The Labute approximate surface area is 143 Å². The molecule has 0 unspecified atom stereocenters. The number of nitrogens with one attached hydrogen (secondary N) is 1. The lowest BCUT2D eigenvalue weighted by molar-refractivity contribution is 0.164. The van der Waals surface area contributed by atoms with Crippen LogP contribution < -0.4 is 10.1 Å². The van der Waals surface area contributed by atoms with Crippen molar-refractivity contribution in [2.24, 2.45) is 0 Å². The molecule has 22 heavy (non-hydrogen) atoms. The van der Waals surface area contributed by atoms with Crippen LogP contribution in [0.5, 0.6) is 5.75 Å². The predicted molar refractivity (Wildman–Crippen MR) is 94.5 cm³/mol. The quantitative estimate of drug-likeness (QED) is 0.880. The second-order valence-corrected chi connectivity index (χ2v) is 7.29. The van der Waals surface area contributed by atoms with Crippen LogP contribution in [0.2, 0.25) is 0 Å². The SMILES string of the molecule is COc1ccc(Br)cc1-c1nc(CN2CCNC[C@@H]2C)cs1. The Morgan fingerprint density at radius 1 is 1.50 bits per heavy atom. The first kappa shape index (κ1) is 15.9. The van der Waals surface area contributed by atoms with Gasteiger partial charge in [0.1, 0.15) is 10.8 Å². The summed E-state index contributed by atoms with van der Waals surface area (Å²) in [5, 5.41) is 6.59. The Bertz CT molecular complexity index is 646. The summed E-state index contributed by atoms with van der Waals surface area (Å²) in [5.74, 6) is 0.861. The predicted octanol–water partition coefficient (Wildman–Crippen LogP) is 3.37. The van der Waals surface area contributed by atoms with Crippen molar-refractivity contribution in [2.45, 2.75) is 19.5 Å². The second-order valence-electron chi connectivity index (χ2n) is 5.51. The monoisotopic (exact) mass is 381 g/mol. The van der Waals surface area contributed by atoms with Crippen LogP contribution in [0.15, 0.2) is 28.1 Å². The molecule has 1 aliphatic rings. The summed E-state index contributed by atoms with van der Waals surface area (Å²) in [6, 6.07) is 6.58. The minimum absolute atomic E-state index is 0.555. The highest BCUT2D eigenvalue weighted by Crippen LogP contribution is 2.34. The number of piperazine rings is 1. The number of rotatable bonds is 4. The van der Waals surface area contributed by atoms with E-state index in [1.165, 1.54) is 0 Å². The zero-order valence-electron chi connectivity index (χ0n) is 12.8. The molecule has 1 atom stereocenters. The summed E-state index contributed by atoms with van der Waals surface area (Å²) in [5.41, 5.74) is 2.18. The fraction of sp³-hybridized carbons (Fsp3) is 0.438. The van der Waals surface area contributed by atoms with E-state index in [-0.39, 0.29) is 0 Å². The number of thiazole rings is 1. The molecule has 1 N–H and O–H groups in total. The molecule has 6 heteroatoms. The minimum atomic E-state index is 0.555. The van der Waals surface area contributed by atoms with Crippen LogP contribution in [0.4, 0.5) is 0 Å². The molecule has 0 spiro atoms. The highest BCUT2D eigenvalue weighted by Gasteiger charge is 2.19. The van der Waals surface area contributed by atoms with Gasteiger partial charge in [0.05, 0.1) is 18.4 Å². The van der Waals surface area contributed by atoms with E-state index in [0.29, 0.717) is 6.04 Å². The Balaban J connectivity index is 1.80. The molecule has 1 aromatic carbocycles. The summed E-state index contributed by atoms with van der Waals surface area (Å²) >= 11 is 5.20. The molecule has 2 heterocycles. The van der Waals surface area contributed by atoms with Gasteiger partial charge in [0.15, 0.2) is 0 Å². The van der Waals surface area contributed by atoms with Gasteiger partial charge in [-0.05, 0) is 25.1 Å². The zero-order chi connectivity index (χ0) is 15.5. The lowest BCUT2D eigenvalue weighted by atomic mass is 10.2. The van der Waals surface area contributed by atoms with Crippen molar-refractivity contribution in [3.8, 4) is 16.3 Å². The van der Waals surface area contributed by atoms with E-state index in [1.54, 1.807) is 18.4 Å². The van der Waals surface area contributed by atoms with Gasteiger partial charge >= 0.3 is 0 Å². The molecule has 1 aliphatic heterocycles. The molecular formula is C16H20BrN3OS. The van der Waals surface area contributed by atoms with Gasteiger partial charge in [0.25, 0.3) is 0 Å². The third-order valence-electron chi connectivity index (χ3n) is 3.95. The van der Waals surface area contributed by atoms with E-state index in [2.05, 4.69) is 44.5 Å². The maximum atomic E-state index is 5.46. The number of ether oxygens (including phenoxy) is 1. The molecule has 0 saturated carbocycles. The summed E-state index contributed by atoms with van der Waals surface area (Å²) in [4.78, 5) is 7.29. The summed E-state index contributed by atoms with van der Waals surface area (Å²) < 4.78 is 6.50. The maximum absolute atomic E-state index is 5.46. The van der Waals surface area contributed by atoms with Gasteiger partial charge in [-0.25, -0.2) is 4.98 Å². The van der Waals surface area contributed by atoms with Gasteiger partial charge in [-0.1, -0.05) is 15.9 Å². The number of aromatic nitrogens is 1. The first-order valence-electron chi connectivity index (χ1n) is 7.40. The molecule has 0 amide bonds. The highest BCUT2D eigenvalue weighted by atomic mass is 79.9. The van der Waals surface area contributed by atoms with Gasteiger partial charge in [-0.15, -0.1) is 11.3 Å². The maximum Gasteiger partial charge on any atom is 0.129 e. The van der Waals surface area contributed by atoms with E-state index >= 15 is 0 Å². The lowest BCUT2D eigenvalue weighted by Crippen LogP contribution is -2.49. The van der Waals surface area contributed by atoms with E-state index in [4.69, 9.17) is 9.72 Å². The number of benzene rings is 1. The number of nitrogens with zero attached hydrogens (tertiary/aromatic N) is 2. The second kappa shape index (κ2) is 7.08. The summed E-state index contributed by atoms with van der Waals surface area (Å²) in [7, 11) is 1.70. The number of hydrogen-bond donors (Lipinski definition) is 1. The molecule has 3 rings (SSSR count). The van der Waals surface area contributed by atoms with Crippen molar-refractivity contribution < 1.29 is 4.74 Å². The van der Waals surface area contributed by atoms with Gasteiger partial charge in [-0.3, -0.25) is 4.90 Å². The lowest BCUT2D eigenvalue weighted by Gasteiger charge is -2.33. The Morgan fingerprint density at radius 2 is 2.36 bits per heavy atom. The first-order chi connectivity index (χ1) is 10.7. The molecule has 1 fully saturated rings. The third kappa shape index (κ3) is 3.51. The van der Waals surface area contributed by atoms with Crippen LogP contribution in [0, 0.1) is 0 Å². The van der Waals surface area contributed by atoms with Crippen LogP contribution >= 0.6 is 27.3 Å². The van der Waals surface area contributed by atoms with Crippen molar-refractivity contribution >= 4 is 27.3 Å². The normalized spacial score (nSPS) is 19.3. The molecule has 0 bridgehead atoms. The molecule has 1 saturated heterocycles. The van der Waals surface area contributed by atoms with Crippen molar-refractivity contribution in [3.63, 3.8) is 0 Å². The van der Waals surface area contributed by atoms with E-state index in [1.807, 2.05) is 12.1 Å². The first-order valence-corrected chi connectivity index (χ1v) is 9.07. The Morgan fingerprint density at radius 3 is 3.14 bits per heavy atom. The molecular weight excluding hydrogens is 362 g/mol. The van der Waals surface area contributed by atoms with Crippen LogP contribution in [-0.4, -0.2) is 42.7 Å². The Hall–Kier alpha value is -0.950. The molecule has 1 aromatic heterocycles. The molecule has 0 aliphatic carbocycles. The average Bonchev–Trinajstić information content (AvgIpc) is 2.98. The van der Waals surface area contributed by atoms with E-state index < -0.39 is 0 Å². The smallest absolute Gasteiger partial charge is 0.129 e. The van der Waals surface area contributed by atoms with Crippen LogP contribution in [0.1, 0.15) is 12.6 Å². The van der Waals surface area contributed by atoms with E-state index in [9.17, 15) is 0 Å². The van der Waals surface area contributed by atoms with Crippen molar-refractivity contribution in [1.29, 1.82) is 0 Å². The largest absolute Gasteiger partial charge is 0.496 e. The fourth-order valence-electron chi connectivity index (χ4n) is 2.68. The van der Waals surface area contributed by atoms with Crippen molar-refractivity contribution in [1.82, 2.24) is 15.2 Å². The standard InChI is InChI=1S/C16H20BrN3OS/c1-11-8-18-5-6-20(11)9-13-10-22-16(19-13)14-7-12(17)3-4-15(14)21-2/h3-4,7,10-11,18H,5-6,8-9H2,1-2H3/t11-/m0/s1. The highest BCUT2D eigenvalue weighted by molar-refractivity contribution is 9.10. The summed E-state index contributed by atoms with van der Waals surface area (Å²) in [6.45, 7) is 6.36. The Kier molecular flexibility index (Phi) is 5.13. The van der Waals surface area contributed by atoms with E-state index in [0.717, 1.165) is 52.7 Å². The number of hydrogen-bond acceptors (Lipinski definition) is 5. The zero-order valence-corrected chi connectivity index (χ0v) is 15.2. The van der Waals surface area contributed by atoms with Gasteiger partial charge in [0, 0.05) is 42.1 Å². The number of methoxy groups -OCH3 is 1. The summed E-state index contributed by atoms with van der Waals surface area (Å²) in [6.07, 6.45) is 0. The average molecular weight is 382 g/mol. The van der Waals surface area contributed by atoms with Crippen molar-refractivity contribution in [2.75, 3.05) is 26.7 Å². The third-order valence-corrected chi connectivity index (χ3v) is 5.37. The van der Waals surface area contributed by atoms with Crippen LogP contribution in [0.25, 0.3) is 10.6 Å². The molecule has 0 radical (unpaired) electrons.